The van der Waals surface area contributed by atoms with Crippen LogP contribution in [0.25, 0.3) is 11.1 Å². The van der Waals surface area contributed by atoms with Gasteiger partial charge in [0.1, 0.15) is 5.82 Å². The van der Waals surface area contributed by atoms with E-state index in [1.165, 1.54) is 5.56 Å². The lowest BCUT2D eigenvalue weighted by atomic mass is 10.1. The monoisotopic (exact) mass is 228 g/mol. The Morgan fingerprint density at radius 2 is 1.94 bits per heavy atom. The van der Waals surface area contributed by atoms with E-state index in [9.17, 15) is 0 Å². The fourth-order valence-corrected chi connectivity index (χ4v) is 1.67. The van der Waals surface area contributed by atoms with Gasteiger partial charge in [0.25, 0.3) is 0 Å². The summed E-state index contributed by atoms with van der Waals surface area (Å²) in [6.45, 7) is 1.43. The van der Waals surface area contributed by atoms with Crippen LogP contribution in [-0.4, -0.2) is 25.2 Å². The maximum atomic E-state index is 5.02. The fourth-order valence-electron chi connectivity index (χ4n) is 1.67. The maximum Gasteiger partial charge on any atom is 0.133 e. The molecule has 2 aromatic rings. The zero-order valence-electron chi connectivity index (χ0n) is 9.89. The average molecular weight is 228 g/mol. The summed E-state index contributed by atoms with van der Waals surface area (Å²) in [5, 5.41) is 3.28. The summed E-state index contributed by atoms with van der Waals surface area (Å²) in [5.41, 5.74) is 2.28. The number of nitrogens with one attached hydrogen (secondary N) is 1. The van der Waals surface area contributed by atoms with Gasteiger partial charge in [-0.1, -0.05) is 30.3 Å². The number of pyridine rings is 1. The topological polar surface area (TPSA) is 34.1 Å². The van der Waals surface area contributed by atoms with Crippen LogP contribution in [0.1, 0.15) is 0 Å². The van der Waals surface area contributed by atoms with E-state index in [1.807, 2.05) is 24.3 Å². The molecule has 0 saturated heterocycles. The van der Waals surface area contributed by atoms with Crippen LogP contribution in [0.4, 0.5) is 5.82 Å². The highest BCUT2D eigenvalue weighted by Crippen LogP contribution is 2.25. The molecule has 0 spiro atoms. The molecule has 0 unspecified atom stereocenters. The van der Waals surface area contributed by atoms with Crippen molar-refractivity contribution in [3.63, 3.8) is 0 Å². The van der Waals surface area contributed by atoms with Crippen molar-refractivity contribution in [3.05, 3.63) is 48.7 Å². The highest BCUT2D eigenvalue weighted by atomic mass is 16.5. The minimum absolute atomic E-state index is 0.671. The zero-order chi connectivity index (χ0) is 11.9. The molecule has 1 heterocycles. The Labute approximate surface area is 101 Å². The number of rotatable bonds is 5. The number of nitrogens with zero attached hydrogens (tertiary/aromatic N) is 1. The summed E-state index contributed by atoms with van der Waals surface area (Å²) in [7, 11) is 1.69. The molecule has 0 fully saturated rings. The van der Waals surface area contributed by atoms with Gasteiger partial charge in [-0.15, -0.1) is 0 Å². The van der Waals surface area contributed by atoms with Crippen LogP contribution >= 0.6 is 0 Å². The molecule has 0 aliphatic carbocycles. The summed E-state index contributed by atoms with van der Waals surface area (Å²) in [6.07, 6.45) is 1.79. The van der Waals surface area contributed by atoms with Crippen LogP contribution in [0, 0.1) is 0 Å². The van der Waals surface area contributed by atoms with Crippen LogP contribution in [0.15, 0.2) is 48.7 Å². The van der Waals surface area contributed by atoms with Gasteiger partial charge in [0.2, 0.25) is 0 Å². The van der Waals surface area contributed by atoms with Crippen LogP contribution in [0.5, 0.6) is 0 Å². The van der Waals surface area contributed by atoms with Gasteiger partial charge in [0.15, 0.2) is 0 Å². The maximum absolute atomic E-state index is 5.02. The van der Waals surface area contributed by atoms with Gasteiger partial charge in [-0.05, 0) is 17.7 Å². The summed E-state index contributed by atoms with van der Waals surface area (Å²) in [4.78, 5) is 4.36. The number of aromatic nitrogens is 1. The standard InChI is InChI=1S/C14H16N2O/c1-17-11-10-16-14-13(8-5-9-15-14)12-6-3-2-4-7-12/h2-9H,10-11H2,1H3,(H,15,16). The number of methoxy groups -OCH3 is 1. The molecule has 88 valence electrons. The van der Waals surface area contributed by atoms with Crippen molar-refractivity contribution in [1.29, 1.82) is 0 Å². The molecule has 2 rings (SSSR count). The van der Waals surface area contributed by atoms with Gasteiger partial charge >= 0.3 is 0 Å². The largest absolute Gasteiger partial charge is 0.383 e. The second-order valence-corrected chi connectivity index (χ2v) is 3.69. The number of ether oxygens (including phenoxy) is 1. The van der Waals surface area contributed by atoms with Crippen molar-refractivity contribution in [2.75, 3.05) is 25.6 Å². The Morgan fingerprint density at radius 1 is 1.12 bits per heavy atom. The normalized spacial score (nSPS) is 10.2. The number of anilines is 1. The minimum atomic E-state index is 0.671. The zero-order valence-corrected chi connectivity index (χ0v) is 9.89. The quantitative estimate of drug-likeness (QED) is 0.799. The molecule has 1 aromatic heterocycles. The SMILES string of the molecule is COCCNc1ncccc1-c1ccccc1. The summed E-state index contributed by atoms with van der Waals surface area (Å²) < 4.78 is 5.02. The number of hydrogen-bond acceptors (Lipinski definition) is 3. The predicted molar refractivity (Wildman–Crippen MR) is 70.0 cm³/mol. The van der Waals surface area contributed by atoms with Gasteiger partial charge in [0, 0.05) is 25.4 Å². The molecule has 0 saturated carbocycles. The summed E-state index contributed by atoms with van der Waals surface area (Å²) >= 11 is 0. The molecule has 0 radical (unpaired) electrons. The molecule has 0 bridgehead atoms. The second kappa shape index (κ2) is 6.01. The van der Waals surface area contributed by atoms with E-state index in [0.29, 0.717) is 6.61 Å². The highest BCUT2D eigenvalue weighted by Gasteiger charge is 2.04. The molecule has 0 aliphatic heterocycles. The van der Waals surface area contributed by atoms with Crippen LogP contribution in [-0.2, 0) is 4.74 Å². The van der Waals surface area contributed by atoms with E-state index in [0.717, 1.165) is 17.9 Å². The first-order valence-corrected chi connectivity index (χ1v) is 5.65. The Hall–Kier alpha value is -1.87. The molecule has 17 heavy (non-hydrogen) atoms. The van der Waals surface area contributed by atoms with Crippen molar-refractivity contribution in [2.24, 2.45) is 0 Å². The Balaban J connectivity index is 2.22. The molecule has 0 aliphatic rings. The lowest BCUT2D eigenvalue weighted by Crippen LogP contribution is -2.09. The van der Waals surface area contributed by atoms with Gasteiger partial charge in [-0.25, -0.2) is 4.98 Å². The summed E-state index contributed by atoms with van der Waals surface area (Å²) in [6, 6.07) is 14.2. The van der Waals surface area contributed by atoms with E-state index >= 15 is 0 Å². The van der Waals surface area contributed by atoms with E-state index in [1.54, 1.807) is 13.3 Å². The smallest absolute Gasteiger partial charge is 0.133 e. The van der Waals surface area contributed by atoms with E-state index in [-0.39, 0.29) is 0 Å². The second-order valence-electron chi connectivity index (χ2n) is 3.69. The highest BCUT2D eigenvalue weighted by molar-refractivity contribution is 5.74. The van der Waals surface area contributed by atoms with Crippen LogP contribution in [0.3, 0.4) is 0 Å². The van der Waals surface area contributed by atoms with Crippen molar-refractivity contribution in [1.82, 2.24) is 4.98 Å². The van der Waals surface area contributed by atoms with E-state index in [4.69, 9.17) is 4.74 Å². The molecule has 3 nitrogen and oxygen atoms in total. The summed E-state index contributed by atoms with van der Waals surface area (Å²) in [5.74, 6) is 0.899. The van der Waals surface area contributed by atoms with Gasteiger partial charge < -0.3 is 10.1 Å². The van der Waals surface area contributed by atoms with Gasteiger partial charge in [-0.3, -0.25) is 0 Å². The van der Waals surface area contributed by atoms with E-state index in [2.05, 4.69) is 28.5 Å². The molecular formula is C14H16N2O. The molecule has 0 amide bonds. The molecule has 1 aromatic carbocycles. The lowest BCUT2D eigenvalue weighted by Gasteiger charge is -2.10. The first-order chi connectivity index (χ1) is 8.42. The first kappa shape index (κ1) is 11.6. The van der Waals surface area contributed by atoms with Gasteiger partial charge in [0.05, 0.1) is 6.61 Å². The Morgan fingerprint density at radius 3 is 2.71 bits per heavy atom. The van der Waals surface area contributed by atoms with Crippen LogP contribution < -0.4 is 5.32 Å². The molecule has 1 N–H and O–H groups in total. The molecule has 3 heteroatoms. The Kier molecular flexibility index (Phi) is 4.11. The predicted octanol–water partition coefficient (Wildman–Crippen LogP) is 2.81. The van der Waals surface area contributed by atoms with E-state index < -0.39 is 0 Å². The number of benzene rings is 1. The molecule has 0 atom stereocenters. The van der Waals surface area contributed by atoms with Crippen molar-refractivity contribution in [2.45, 2.75) is 0 Å². The van der Waals surface area contributed by atoms with Gasteiger partial charge in [-0.2, -0.15) is 0 Å². The minimum Gasteiger partial charge on any atom is -0.383 e. The Bertz CT molecular complexity index is 457. The fraction of sp³-hybridized carbons (Fsp3) is 0.214. The third-order valence-corrected chi connectivity index (χ3v) is 2.49. The third-order valence-electron chi connectivity index (χ3n) is 2.49. The first-order valence-electron chi connectivity index (χ1n) is 5.65. The third kappa shape index (κ3) is 3.04. The number of hydrogen-bond donors (Lipinski definition) is 1. The van der Waals surface area contributed by atoms with Crippen molar-refractivity contribution < 1.29 is 4.74 Å². The van der Waals surface area contributed by atoms with Crippen molar-refractivity contribution in [3.8, 4) is 11.1 Å². The van der Waals surface area contributed by atoms with Crippen molar-refractivity contribution >= 4 is 5.82 Å². The molecular weight excluding hydrogens is 212 g/mol. The average Bonchev–Trinajstić information content (AvgIpc) is 2.41. The lowest BCUT2D eigenvalue weighted by molar-refractivity contribution is 0.210. The van der Waals surface area contributed by atoms with Crippen LogP contribution in [0.2, 0.25) is 0 Å².